The highest BCUT2D eigenvalue weighted by Gasteiger charge is 2.00. The molecule has 1 rings (SSSR count). The van der Waals surface area contributed by atoms with Gasteiger partial charge in [0, 0.05) is 26.2 Å². The summed E-state index contributed by atoms with van der Waals surface area (Å²) in [4.78, 5) is 0. The zero-order valence-electron chi connectivity index (χ0n) is 8.71. The minimum Gasteiger partial charge on any atom is -0.400 e. The molecule has 0 bridgehead atoms. The number of rotatable bonds is 0. The molecule has 0 saturated carbocycles. The Bertz CT molecular complexity index is 119. The van der Waals surface area contributed by atoms with Crippen molar-refractivity contribution >= 4 is 33.0 Å². The predicted octanol–water partition coefficient (Wildman–Crippen LogP) is -2.05. The van der Waals surface area contributed by atoms with Gasteiger partial charge < -0.3 is 18.4 Å². The third kappa shape index (κ3) is 6.40. The van der Waals surface area contributed by atoms with Gasteiger partial charge in [0.15, 0.2) is 0 Å². The molecule has 14 heavy (non-hydrogen) atoms. The average molecular weight is 224 g/mol. The predicted molar refractivity (Wildman–Crippen MR) is 60.4 cm³/mol. The quantitative estimate of drug-likeness (QED) is 0.464. The van der Waals surface area contributed by atoms with Crippen LogP contribution in [-0.2, 0) is 0 Å². The lowest BCUT2D eigenvalue weighted by molar-refractivity contribution is 0.383. The lowest BCUT2D eigenvalue weighted by Crippen LogP contribution is -2.41. The topological polar surface area (TPSA) is 30.5 Å². The zero-order chi connectivity index (χ0) is 10.2. The van der Waals surface area contributed by atoms with Crippen molar-refractivity contribution in [1.82, 2.24) is 18.4 Å². The Kier molecular flexibility index (Phi) is 7.51. The van der Waals surface area contributed by atoms with E-state index in [4.69, 9.17) is 0 Å². The number of hydrogen-bond donors (Lipinski definition) is 2. The molecule has 0 amide bonds. The van der Waals surface area contributed by atoms with Gasteiger partial charge in [0.05, 0.1) is 0 Å². The number of nitrogens with one attached hydrogen (secondary N) is 2. The van der Waals surface area contributed by atoms with Crippen LogP contribution in [0.3, 0.4) is 0 Å². The maximum absolute atomic E-state index is 3.43. The van der Waals surface area contributed by atoms with E-state index in [1.807, 2.05) is 0 Å². The van der Waals surface area contributed by atoms with Crippen molar-refractivity contribution in [3.8, 4) is 0 Å². The molecule has 76 valence electrons. The van der Waals surface area contributed by atoms with Crippen molar-refractivity contribution in [3.05, 3.63) is 0 Å². The molecule has 1 aliphatic rings. The molecular formula is C8H18Al2N4. The highest BCUT2D eigenvalue weighted by atomic mass is 27.1. The second-order valence-corrected chi connectivity index (χ2v) is 5.03. The van der Waals surface area contributed by atoms with Crippen LogP contribution in [0.15, 0.2) is 0 Å². The van der Waals surface area contributed by atoms with Gasteiger partial charge in [-0.05, 0) is 26.2 Å². The summed E-state index contributed by atoms with van der Waals surface area (Å²) in [5.74, 6) is 0. The van der Waals surface area contributed by atoms with Crippen LogP contribution in [-0.4, -0.2) is 93.1 Å². The van der Waals surface area contributed by atoms with Gasteiger partial charge in [-0.1, -0.05) is 0 Å². The summed E-state index contributed by atoms with van der Waals surface area (Å²) >= 11 is 5.56. The Morgan fingerprint density at radius 3 is 1.21 bits per heavy atom. The molecule has 0 aromatic heterocycles. The molecule has 0 unspecified atom stereocenters. The molecule has 4 nitrogen and oxygen atoms in total. The highest BCUT2D eigenvalue weighted by Crippen LogP contribution is 1.82. The minimum atomic E-state index is 1.07. The van der Waals surface area contributed by atoms with E-state index in [1.54, 1.807) is 0 Å². The summed E-state index contributed by atoms with van der Waals surface area (Å²) < 4.78 is 4.56. The third-order valence-corrected chi connectivity index (χ3v) is 3.34. The Labute approximate surface area is 104 Å². The van der Waals surface area contributed by atoms with E-state index >= 15 is 0 Å². The fourth-order valence-corrected chi connectivity index (χ4v) is 1.88. The van der Waals surface area contributed by atoms with E-state index in [0.717, 1.165) is 52.4 Å². The van der Waals surface area contributed by atoms with Crippen LogP contribution in [0.2, 0.25) is 0 Å². The first-order chi connectivity index (χ1) is 6.79. The molecule has 1 fully saturated rings. The van der Waals surface area contributed by atoms with Crippen molar-refractivity contribution in [2.45, 2.75) is 0 Å². The second kappa shape index (κ2) is 8.10. The SMILES string of the molecule is [Al][N]1CCNCC[N]([Al])CCNCC1. The molecular weight excluding hydrogens is 206 g/mol. The molecule has 1 aliphatic heterocycles. The first kappa shape index (κ1) is 13.0. The molecule has 1 saturated heterocycles. The van der Waals surface area contributed by atoms with Gasteiger partial charge in [-0.25, -0.2) is 0 Å². The van der Waals surface area contributed by atoms with E-state index < -0.39 is 0 Å². The van der Waals surface area contributed by atoms with Crippen molar-refractivity contribution in [3.63, 3.8) is 0 Å². The molecule has 0 atom stereocenters. The smallest absolute Gasteiger partial charge is 0.256 e. The van der Waals surface area contributed by atoms with Crippen LogP contribution < -0.4 is 10.6 Å². The van der Waals surface area contributed by atoms with E-state index in [-0.39, 0.29) is 0 Å². The number of nitrogens with zero attached hydrogens (tertiary/aromatic N) is 2. The van der Waals surface area contributed by atoms with Crippen molar-refractivity contribution in [1.29, 1.82) is 0 Å². The van der Waals surface area contributed by atoms with Crippen LogP contribution in [0.5, 0.6) is 0 Å². The molecule has 4 radical (unpaired) electrons. The molecule has 2 N–H and O–H groups in total. The summed E-state index contributed by atoms with van der Waals surface area (Å²) in [5.41, 5.74) is 0. The zero-order valence-corrected chi connectivity index (χ0v) is 11.0. The van der Waals surface area contributed by atoms with Gasteiger partial charge in [0.1, 0.15) is 0 Å². The molecule has 1 heterocycles. The normalized spacial score (nSPS) is 25.1. The molecule has 0 aliphatic carbocycles. The van der Waals surface area contributed by atoms with Gasteiger partial charge in [-0.3, -0.25) is 0 Å². The summed E-state index contributed by atoms with van der Waals surface area (Å²) in [7, 11) is 0. The molecule has 0 aromatic rings. The van der Waals surface area contributed by atoms with Gasteiger partial charge in [0.25, 0.3) is 33.0 Å². The second-order valence-electron chi connectivity index (χ2n) is 3.57. The first-order valence-corrected chi connectivity index (χ1v) is 6.23. The van der Waals surface area contributed by atoms with E-state index in [2.05, 4.69) is 51.4 Å². The number of hydrogen-bond acceptors (Lipinski definition) is 4. The minimum absolute atomic E-state index is 1.07. The Morgan fingerprint density at radius 1 is 0.643 bits per heavy atom. The van der Waals surface area contributed by atoms with E-state index in [9.17, 15) is 0 Å². The lowest BCUT2D eigenvalue weighted by atomic mass is 10.4. The summed E-state index contributed by atoms with van der Waals surface area (Å²) in [6.45, 7) is 8.69. The van der Waals surface area contributed by atoms with Gasteiger partial charge in [-0.15, -0.1) is 0 Å². The van der Waals surface area contributed by atoms with E-state index in [0.29, 0.717) is 0 Å². The van der Waals surface area contributed by atoms with Crippen LogP contribution in [0.25, 0.3) is 0 Å². The van der Waals surface area contributed by atoms with Crippen LogP contribution in [0.4, 0.5) is 0 Å². The van der Waals surface area contributed by atoms with Crippen LogP contribution in [0, 0.1) is 0 Å². The monoisotopic (exact) mass is 224 g/mol. The molecule has 0 aromatic carbocycles. The fraction of sp³-hybridized carbons (Fsp3) is 1.00. The lowest BCUT2D eigenvalue weighted by Gasteiger charge is -2.24. The Morgan fingerprint density at radius 2 is 0.929 bits per heavy atom. The molecule has 6 heteroatoms. The highest BCUT2D eigenvalue weighted by molar-refractivity contribution is 6.04. The van der Waals surface area contributed by atoms with Gasteiger partial charge in [0.2, 0.25) is 0 Å². The maximum atomic E-state index is 3.43. The standard InChI is InChI=1S/C8H18N4.2Al/c1-2-10-5-6-12-8-7-11-4-3-9-1;;/h9,12H,1-8H2;;/q-2;2*+1. The van der Waals surface area contributed by atoms with Crippen LogP contribution >= 0.6 is 0 Å². The molecule has 0 spiro atoms. The van der Waals surface area contributed by atoms with Crippen molar-refractivity contribution < 1.29 is 0 Å². The van der Waals surface area contributed by atoms with Crippen molar-refractivity contribution in [2.24, 2.45) is 0 Å². The van der Waals surface area contributed by atoms with Gasteiger partial charge in [-0.2, -0.15) is 0 Å². The van der Waals surface area contributed by atoms with Crippen LogP contribution in [0.1, 0.15) is 0 Å². The Hall–Kier alpha value is 0.905. The van der Waals surface area contributed by atoms with E-state index in [1.165, 1.54) is 0 Å². The Balaban J connectivity index is 2.19. The largest absolute Gasteiger partial charge is 0.400 e. The third-order valence-electron chi connectivity index (χ3n) is 2.30. The summed E-state index contributed by atoms with van der Waals surface area (Å²) in [6, 6.07) is 0. The van der Waals surface area contributed by atoms with Crippen molar-refractivity contribution in [2.75, 3.05) is 52.4 Å². The van der Waals surface area contributed by atoms with Gasteiger partial charge >= 0.3 is 0 Å². The average Bonchev–Trinajstić information content (AvgIpc) is 2.14. The maximum Gasteiger partial charge on any atom is 0.256 e. The summed E-state index contributed by atoms with van der Waals surface area (Å²) in [6.07, 6.45) is 0. The fourth-order valence-electron chi connectivity index (χ4n) is 1.36. The summed E-state index contributed by atoms with van der Waals surface area (Å²) in [5, 5.41) is 6.87. The first-order valence-electron chi connectivity index (χ1n) is 5.20.